The zero-order valence-electron chi connectivity index (χ0n) is 28.8. The largest absolute Gasteiger partial charge is 0.287 e. The average Bonchev–Trinajstić information content (AvgIpc) is 3.24. The van der Waals surface area contributed by atoms with Crippen LogP contribution in [0, 0.1) is 116 Å². The van der Waals surface area contributed by atoms with Gasteiger partial charge in [-0.15, -0.1) is 21.9 Å². The van der Waals surface area contributed by atoms with E-state index in [0.717, 1.165) is 0 Å². The van der Waals surface area contributed by atoms with E-state index in [1.54, 1.807) is 29.0 Å². The second-order valence-electron chi connectivity index (χ2n) is 12.2. The van der Waals surface area contributed by atoms with Gasteiger partial charge in [-0.05, 0) is 17.7 Å². The molecule has 0 N–H and O–H groups in total. The predicted molar refractivity (Wildman–Crippen MR) is 172 cm³/mol. The molecule has 0 aliphatic rings. The summed E-state index contributed by atoms with van der Waals surface area (Å²) >= 11 is 5.97. The molecular formula is C37H11BClF20NO. The van der Waals surface area contributed by atoms with Crippen molar-refractivity contribution in [2.24, 2.45) is 0 Å². The number of rotatable bonds is 7. The van der Waals surface area contributed by atoms with Gasteiger partial charge in [0.2, 0.25) is 12.3 Å². The van der Waals surface area contributed by atoms with Crippen LogP contribution in [0.1, 0.15) is 10.4 Å². The van der Waals surface area contributed by atoms with E-state index in [1.165, 1.54) is 0 Å². The zero-order chi connectivity index (χ0) is 45.7. The highest BCUT2D eigenvalue weighted by molar-refractivity contribution is 7.20. The highest BCUT2D eigenvalue weighted by atomic mass is 35.5. The van der Waals surface area contributed by atoms with Crippen molar-refractivity contribution in [3.8, 4) is 0 Å². The maximum absolute atomic E-state index is 15.4. The van der Waals surface area contributed by atoms with Crippen molar-refractivity contribution >= 4 is 45.4 Å². The molecule has 0 unspecified atom stereocenters. The van der Waals surface area contributed by atoms with Gasteiger partial charge >= 0.3 is 0 Å². The van der Waals surface area contributed by atoms with E-state index in [1.807, 2.05) is 30.3 Å². The third kappa shape index (κ3) is 7.31. The van der Waals surface area contributed by atoms with Gasteiger partial charge in [-0.2, -0.15) is 4.57 Å². The van der Waals surface area contributed by atoms with Crippen LogP contribution in [-0.2, 0) is 6.54 Å². The fraction of sp³-hybridized carbons (Fsp3) is 0.0270. The van der Waals surface area contributed by atoms with Crippen LogP contribution in [0.5, 0.6) is 0 Å². The quantitative estimate of drug-likeness (QED) is 0.0301. The van der Waals surface area contributed by atoms with Crippen molar-refractivity contribution in [1.29, 1.82) is 0 Å². The second kappa shape index (κ2) is 17.1. The minimum absolute atomic E-state index is 0.0544. The number of ketones is 1. The Bertz CT molecular complexity index is 2390. The second-order valence-corrected chi connectivity index (χ2v) is 12.6. The fourth-order valence-electron chi connectivity index (χ4n) is 6.33. The van der Waals surface area contributed by atoms with Crippen molar-refractivity contribution in [1.82, 2.24) is 0 Å². The van der Waals surface area contributed by atoms with Crippen molar-refractivity contribution in [3.63, 3.8) is 0 Å². The lowest BCUT2D eigenvalue weighted by atomic mass is 9.12. The molecule has 6 rings (SSSR count). The molecule has 0 spiro atoms. The van der Waals surface area contributed by atoms with Gasteiger partial charge in [0.25, 0.3) is 5.15 Å². The molecule has 2 nitrogen and oxygen atoms in total. The molecule has 61 heavy (non-hydrogen) atoms. The summed E-state index contributed by atoms with van der Waals surface area (Å²) in [6.45, 7) is 0.268. The lowest BCUT2D eigenvalue weighted by molar-refractivity contribution is -0.681. The van der Waals surface area contributed by atoms with Gasteiger partial charge < -0.3 is 0 Å². The number of benzene rings is 5. The van der Waals surface area contributed by atoms with E-state index >= 15 is 35.1 Å². The van der Waals surface area contributed by atoms with Gasteiger partial charge in [-0.3, -0.25) is 4.79 Å². The molecule has 0 aliphatic carbocycles. The van der Waals surface area contributed by atoms with Crippen molar-refractivity contribution in [3.05, 3.63) is 182 Å². The van der Waals surface area contributed by atoms with E-state index < -0.39 is 144 Å². The first-order chi connectivity index (χ1) is 28.5. The average molecular weight is 912 g/mol. The van der Waals surface area contributed by atoms with Gasteiger partial charge in [0.15, 0.2) is 76.0 Å². The third-order valence-electron chi connectivity index (χ3n) is 9.00. The Morgan fingerprint density at radius 1 is 0.377 bits per heavy atom. The molecule has 24 heteroatoms. The molecule has 0 bridgehead atoms. The number of Topliss-reactive ketones (excluding diaryl/α,β-unsaturated/α-hetero) is 1. The fourth-order valence-corrected chi connectivity index (χ4v) is 6.52. The minimum atomic E-state index is -7.22. The van der Waals surface area contributed by atoms with E-state index in [-0.39, 0.29) is 12.3 Å². The van der Waals surface area contributed by atoms with Crippen LogP contribution in [-0.4, -0.2) is 11.9 Å². The molecule has 0 fully saturated rings. The number of hydrogen-bond acceptors (Lipinski definition) is 1. The summed E-state index contributed by atoms with van der Waals surface area (Å²) in [7, 11) is 0. The Balaban J connectivity index is 0.000000366. The summed E-state index contributed by atoms with van der Waals surface area (Å²) in [4.78, 5) is 11.9. The first-order valence-electron chi connectivity index (χ1n) is 15.9. The van der Waals surface area contributed by atoms with Gasteiger partial charge in [0, 0.05) is 17.7 Å². The monoisotopic (exact) mass is 911 g/mol. The minimum Gasteiger partial charge on any atom is -0.287 e. The van der Waals surface area contributed by atoms with E-state index in [0.29, 0.717) is 10.7 Å². The third-order valence-corrected chi connectivity index (χ3v) is 9.35. The molecule has 0 saturated carbocycles. The van der Waals surface area contributed by atoms with E-state index in [4.69, 9.17) is 11.6 Å². The van der Waals surface area contributed by atoms with Gasteiger partial charge in [0.1, 0.15) is 52.7 Å². The molecule has 1 aromatic heterocycles. The molecule has 0 saturated heterocycles. The highest BCUT2D eigenvalue weighted by Crippen LogP contribution is 2.30. The molecule has 1 heterocycles. The van der Waals surface area contributed by atoms with Crippen LogP contribution in [0.2, 0.25) is 5.15 Å². The Labute approximate surface area is 330 Å². The Kier molecular flexibility index (Phi) is 12.9. The van der Waals surface area contributed by atoms with Crippen molar-refractivity contribution < 1.29 is 97.2 Å². The number of carbonyl (C=O) groups is 1. The number of halogens is 21. The lowest BCUT2D eigenvalue weighted by Gasteiger charge is -2.44. The molecule has 0 radical (unpaired) electrons. The number of aromatic nitrogens is 1. The summed E-state index contributed by atoms with van der Waals surface area (Å²) in [5.41, 5.74) is -13.6. The molecular weight excluding hydrogens is 901 g/mol. The maximum Gasteiger partial charge on any atom is 0.275 e. The van der Waals surface area contributed by atoms with Gasteiger partial charge in [-0.1, -0.05) is 30.3 Å². The Morgan fingerprint density at radius 3 is 0.885 bits per heavy atom. The van der Waals surface area contributed by atoms with Crippen LogP contribution >= 0.6 is 11.6 Å². The predicted octanol–water partition coefficient (Wildman–Crippen LogP) is 8.36. The summed E-state index contributed by atoms with van der Waals surface area (Å²) < 4.78 is 296. The first-order valence-corrected chi connectivity index (χ1v) is 16.3. The number of nitrogens with zero attached hydrogens (tertiary/aromatic N) is 1. The molecule has 0 aliphatic heterocycles. The molecule has 5 aromatic carbocycles. The standard InChI is InChI=1S/C24BF20.C13H11ClNO/c26-5-1(6(27)14(35)21(42)13(5)34)25(2-7(28)15(36)22(43)16(37)8(2)29,3-9(30)17(38)23(44)18(39)10(3)31)4-11(32)19(40)24(45)20(41)12(4)33;14-13-8-4-5-9-15(13)10-12(16)11-6-2-1-3-7-11/h;1-9H,10H2/q-1;+1. The van der Waals surface area contributed by atoms with Crippen molar-refractivity contribution in [2.75, 3.05) is 0 Å². The van der Waals surface area contributed by atoms with Crippen molar-refractivity contribution in [2.45, 2.75) is 6.54 Å². The summed E-state index contributed by atoms with van der Waals surface area (Å²) in [5, 5.41) is 0.562. The summed E-state index contributed by atoms with van der Waals surface area (Å²) in [5.74, 6) is -71.4. The number of hydrogen-bond donors (Lipinski definition) is 0. The summed E-state index contributed by atoms with van der Waals surface area (Å²) in [6.07, 6.45) is -5.42. The van der Waals surface area contributed by atoms with Crippen LogP contribution in [0.4, 0.5) is 87.8 Å². The van der Waals surface area contributed by atoms with E-state index in [2.05, 4.69) is 0 Å². The van der Waals surface area contributed by atoms with E-state index in [9.17, 15) is 57.5 Å². The smallest absolute Gasteiger partial charge is 0.275 e. The van der Waals surface area contributed by atoms with Crippen LogP contribution in [0.3, 0.4) is 0 Å². The normalized spacial score (nSPS) is 11.5. The zero-order valence-corrected chi connectivity index (χ0v) is 29.5. The number of pyridine rings is 1. The maximum atomic E-state index is 15.4. The Hall–Kier alpha value is -6.13. The topological polar surface area (TPSA) is 20.9 Å². The van der Waals surface area contributed by atoms with Crippen LogP contribution < -0.4 is 26.4 Å². The molecule has 0 amide bonds. The molecule has 320 valence electrons. The number of carbonyl (C=O) groups excluding carboxylic acids is 1. The Morgan fingerprint density at radius 2 is 0.623 bits per heavy atom. The van der Waals surface area contributed by atoms with Crippen LogP contribution in [0.15, 0.2) is 54.7 Å². The highest BCUT2D eigenvalue weighted by Gasteiger charge is 2.52. The molecule has 0 atom stereocenters. The van der Waals surface area contributed by atoms with Gasteiger partial charge in [-0.25, -0.2) is 87.8 Å². The SMILES string of the molecule is Fc1c(F)c(F)c([B-](c2c(F)c(F)c(F)c(F)c2F)(c2c(F)c(F)c(F)c(F)c2F)c2c(F)c(F)c(F)c(F)c2F)c(F)c1F.O=C(C[n+]1ccccc1Cl)c1ccccc1. The summed E-state index contributed by atoms with van der Waals surface area (Å²) in [6, 6.07) is 14.7. The van der Waals surface area contributed by atoms with Crippen LogP contribution in [0.25, 0.3) is 0 Å². The van der Waals surface area contributed by atoms with Gasteiger partial charge in [0.05, 0.1) is 0 Å². The molecule has 6 aromatic rings. The first kappa shape index (κ1) is 46.0. The lowest BCUT2D eigenvalue weighted by Crippen LogP contribution is -2.81.